The monoisotopic (exact) mass is 494 g/mol. The van der Waals surface area contributed by atoms with Crippen molar-refractivity contribution in [3.8, 4) is 11.1 Å². The summed E-state index contributed by atoms with van der Waals surface area (Å²) < 4.78 is 0. The van der Waals surface area contributed by atoms with E-state index in [4.69, 9.17) is 10.2 Å². The molecule has 0 aromatic heterocycles. The lowest BCUT2D eigenvalue weighted by Gasteiger charge is -2.45. The van der Waals surface area contributed by atoms with Gasteiger partial charge >= 0.3 is 0 Å². The van der Waals surface area contributed by atoms with Gasteiger partial charge in [0.2, 0.25) is 5.66 Å². The first-order chi connectivity index (χ1) is 18.8. The van der Waals surface area contributed by atoms with Crippen LogP contribution >= 0.6 is 0 Å². The Morgan fingerprint density at radius 1 is 0.526 bits per heavy atom. The van der Waals surface area contributed by atoms with Crippen LogP contribution in [0.15, 0.2) is 160 Å². The first kappa shape index (κ1) is 23.6. The fraction of sp³-hybridized carbons (Fsp3) is 0.0909. The van der Waals surface area contributed by atoms with Crippen LogP contribution in [0.25, 0.3) is 11.1 Å². The van der Waals surface area contributed by atoms with Crippen LogP contribution in [0.4, 0.5) is 0 Å². The van der Waals surface area contributed by atoms with Crippen LogP contribution in [-0.4, -0.2) is 5.11 Å². The van der Waals surface area contributed by atoms with Crippen molar-refractivity contribution in [1.82, 2.24) is 0 Å². The highest BCUT2D eigenvalue weighted by Crippen LogP contribution is 2.58. The van der Waals surface area contributed by atoms with Gasteiger partial charge in [-0.15, -0.1) is 10.2 Å². The summed E-state index contributed by atoms with van der Waals surface area (Å²) in [4.78, 5) is 0. The molecule has 1 heterocycles. The van der Waals surface area contributed by atoms with Crippen LogP contribution < -0.4 is 0 Å². The van der Waals surface area contributed by atoms with Crippen molar-refractivity contribution in [2.45, 2.75) is 17.7 Å². The lowest BCUT2D eigenvalue weighted by atomic mass is 9.59. The Kier molecular flexibility index (Phi) is 6.20. The highest BCUT2D eigenvalue weighted by molar-refractivity contribution is 5.71. The maximum atomic E-state index is 9.60. The predicted octanol–water partition coefficient (Wildman–Crippen LogP) is 7.87. The van der Waals surface area contributed by atoms with Gasteiger partial charge in [0.25, 0.3) is 0 Å². The molecular weight excluding hydrogens is 468 g/mol. The quantitative estimate of drug-likeness (QED) is 0.230. The smallest absolute Gasteiger partial charge is 0.238 e. The van der Waals surface area contributed by atoms with E-state index < -0.39 is 11.1 Å². The van der Waals surface area contributed by atoms with Gasteiger partial charge in [-0.3, -0.25) is 0 Å². The summed E-state index contributed by atoms with van der Waals surface area (Å²) in [6.07, 6.45) is 0. The zero-order chi connectivity index (χ0) is 25.8. The standard InChI is InChI=1S/C33H26N4O/c38-24-25-20-22-26(23-21-25)30-18-10-11-19-31(30)33(34-36-37-35-33)32(27-12-4-1-5-13-27,28-14-6-2-7-15-28)29-16-8-3-9-17-29/h1-23,38H,24H2. The molecule has 6 rings (SSSR count). The van der Waals surface area contributed by atoms with E-state index in [-0.39, 0.29) is 6.61 Å². The average molecular weight is 495 g/mol. The largest absolute Gasteiger partial charge is 0.392 e. The molecule has 0 unspecified atom stereocenters. The predicted molar refractivity (Wildman–Crippen MR) is 148 cm³/mol. The van der Waals surface area contributed by atoms with E-state index in [9.17, 15) is 5.11 Å². The zero-order valence-corrected chi connectivity index (χ0v) is 20.7. The third-order valence-electron chi connectivity index (χ3n) is 7.31. The lowest BCUT2D eigenvalue weighted by Crippen LogP contribution is -2.48. The first-order valence-electron chi connectivity index (χ1n) is 12.6. The minimum absolute atomic E-state index is 0.00652. The maximum absolute atomic E-state index is 9.60. The second-order valence-corrected chi connectivity index (χ2v) is 9.30. The van der Waals surface area contributed by atoms with Gasteiger partial charge in [-0.25, -0.2) is 0 Å². The van der Waals surface area contributed by atoms with E-state index in [2.05, 4.69) is 59.0 Å². The van der Waals surface area contributed by atoms with Gasteiger partial charge in [0.05, 0.1) is 12.0 Å². The summed E-state index contributed by atoms with van der Waals surface area (Å²) in [6, 6.07) is 47.2. The normalized spacial score (nSPS) is 14.0. The lowest BCUT2D eigenvalue weighted by molar-refractivity contribution is 0.282. The molecule has 0 saturated carbocycles. The minimum Gasteiger partial charge on any atom is -0.392 e. The summed E-state index contributed by atoms with van der Waals surface area (Å²) in [5.74, 6) is 0. The molecule has 0 saturated heterocycles. The van der Waals surface area contributed by atoms with Gasteiger partial charge in [0.1, 0.15) is 0 Å². The highest BCUT2D eigenvalue weighted by Gasteiger charge is 2.60. The fourth-order valence-electron chi connectivity index (χ4n) is 5.65. The topological polar surface area (TPSA) is 69.7 Å². The Balaban J connectivity index is 1.74. The van der Waals surface area contributed by atoms with Crippen LogP contribution in [0, 0.1) is 0 Å². The molecule has 1 N–H and O–H groups in total. The molecule has 0 spiro atoms. The summed E-state index contributed by atoms with van der Waals surface area (Å²) >= 11 is 0. The summed E-state index contributed by atoms with van der Waals surface area (Å²) in [5, 5.41) is 27.8. The van der Waals surface area contributed by atoms with Crippen LogP contribution in [0.2, 0.25) is 0 Å². The summed E-state index contributed by atoms with van der Waals surface area (Å²) in [7, 11) is 0. The molecule has 1 aliphatic heterocycles. The summed E-state index contributed by atoms with van der Waals surface area (Å²) in [5.41, 5.74) is 4.69. The van der Waals surface area contributed by atoms with E-state index >= 15 is 0 Å². The fourth-order valence-corrected chi connectivity index (χ4v) is 5.65. The van der Waals surface area contributed by atoms with Gasteiger partial charge in [-0.1, -0.05) is 140 Å². The van der Waals surface area contributed by atoms with Crippen molar-refractivity contribution in [3.05, 3.63) is 167 Å². The molecule has 5 nitrogen and oxygen atoms in total. The number of rotatable bonds is 7. The molecule has 0 fully saturated rings. The van der Waals surface area contributed by atoms with Crippen molar-refractivity contribution in [2.24, 2.45) is 20.7 Å². The first-order valence-corrected chi connectivity index (χ1v) is 12.6. The second-order valence-electron chi connectivity index (χ2n) is 9.30. The minimum atomic E-state index is -1.23. The molecule has 1 aliphatic rings. The van der Waals surface area contributed by atoms with Gasteiger partial charge < -0.3 is 5.11 Å². The van der Waals surface area contributed by atoms with E-state index in [0.29, 0.717) is 0 Å². The number of benzene rings is 5. The third-order valence-corrected chi connectivity index (χ3v) is 7.31. The van der Waals surface area contributed by atoms with Crippen molar-refractivity contribution in [3.63, 3.8) is 0 Å². The Labute approximate surface area is 221 Å². The number of nitrogens with zero attached hydrogens (tertiary/aromatic N) is 4. The number of aliphatic hydroxyl groups is 1. The number of hydrogen-bond acceptors (Lipinski definition) is 5. The van der Waals surface area contributed by atoms with Crippen molar-refractivity contribution >= 4 is 0 Å². The molecule has 0 aliphatic carbocycles. The maximum Gasteiger partial charge on any atom is 0.238 e. The SMILES string of the molecule is OCc1ccc(-c2ccccc2C2(C(c3ccccc3)(c3ccccc3)c3ccccc3)N=NN=N2)cc1. The van der Waals surface area contributed by atoms with E-state index in [1.54, 1.807) is 0 Å². The van der Waals surface area contributed by atoms with Gasteiger partial charge in [-0.05, 0) is 43.8 Å². The molecule has 5 heteroatoms. The van der Waals surface area contributed by atoms with Gasteiger partial charge in [-0.2, -0.15) is 0 Å². The number of hydrogen-bond donors (Lipinski definition) is 1. The number of aliphatic hydroxyl groups excluding tert-OH is 1. The molecule has 184 valence electrons. The molecule has 38 heavy (non-hydrogen) atoms. The highest BCUT2D eigenvalue weighted by atomic mass is 16.3. The van der Waals surface area contributed by atoms with E-state index in [0.717, 1.165) is 38.9 Å². The van der Waals surface area contributed by atoms with Crippen LogP contribution in [0.1, 0.15) is 27.8 Å². The molecule has 0 amide bonds. The summed E-state index contributed by atoms with van der Waals surface area (Å²) in [6.45, 7) is -0.00652. The Bertz CT molecular complexity index is 1470. The van der Waals surface area contributed by atoms with E-state index in [1.807, 2.05) is 91.0 Å². The van der Waals surface area contributed by atoms with Crippen LogP contribution in [0.5, 0.6) is 0 Å². The van der Waals surface area contributed by atoms with Crippen molar-refractivity contribution in [2.75, 3.05) is 0 Å². The zero-order valence-electron chi connectivity index (χ0n) is 20.7. The molecule has 0 atom stereocenters. The Hall–Kier alpha value is -4.74. The van der Waals surface area contributed by atoms with E-state index in [1.165, 1.54) is 0 Å². The van der Waals surface area contributed by atoms with Gasteiger partial charge in [0, 0.05) is 5.56 Å². The Morgan fingerprint density at radius 2 is 0.974 bits per heavy atom. The van der Waals surface area contributed by atoms with Crippen LogP contribution in [0.3, 0.4) is 0 Å². The average Bonchev–Trinajstić information content (AvgIpc) is 3.50. The van der Waals surface area contributed by atoms with Crippen molar-refractivity contribution < 1.29 is 5.11 Å². The second kappa shape index (κ2) is 9.96. The molecule has 5 aromatic rings. The molecule has 5 aromatic carbocycles. The molecular formula is C33H26N4O. The van der Waals surface area contributed by atoms with Crippen LogP contribution in [-0.2, 0) is 17.7 Å². The third kappa shape index (κ3) is 3.67. The Morgan fingerprint density at radius 3 is 1.45 bits per heavy atom. The van der Waals surface area contributed by atoms with Crippen molar-refractivity contribution in [1.29, 1.82) is 0 Å². The molecule has 0 bridgehead atoms. The van der Waals surface area contributed by atoms with Gasteiger partial charge in [0.15, 0.2) is 0 Å². The molecule has 0 radical (unpaired) electrons.